The van der Waals surface area contributed by atoms with E-state index in [0.29, 0.717) is 17.9 Å². The van der Waals surface area contributed by atoms with Crippen molar-refractivity contribution in [3.8, 4) is 11.3 Å². The summed E-state index contributed by atoms with van der Waals surface area (Å²) < 4.78 is 5.60. The van der Waals surface area contributed by atoms with Crippen LogP contribution in [0.3, 0.4) is 0 Å². The molecule has 1 aliphatic rings. The molecular formula is C20H18N2O2. The van der Waals surface area contributed by atoms with Crippen molar-refractivity contribution in [3.63, 3.8) is 0 Å². The molecule has 1 aromatic heterocycles. The Labute approximate surface area is 140 Å². The molecule has 0 saturated carbocycles. The van der Waals surface area contributed by atoms with Gasteiger partial charge in [0.1, 0.15) is 0 Å². The molecule has 24 heavy (non-hydrogen) atoms. The maximum Gasteiger partial charge on any atom is 0.276 e. The standard InChI is InChI=1S/C20H18N2O2/c23-20(22-12-7-13-22)18-17(14-15-8-3-1-4-9-15)19(24-21-18)16-10-5-2-6-11-16/h1-6,8-11H,7,12-14H2. The molecule has 4 nitrogen and oxygen atoms in total. The van der Waals surface area contributed by atoms with Gasteiger partial charge in [0, 0.05) is 30.6 Å². The SMILES string of the molecule is O=C(c1noc(-c2ccccc2)c1Cc1ccccc1)N1CCC1. The lowest BCUT2D eigenvalue weighted by Gasteiger charge is -2.30. The van der Waals surface area contributed by atoms with Gasteiger partial charge in [0.2, 0.25) is 0 Å². The van der Waals surface area contributed by atoms with E-state index in [1.807, 2.05) is 53.4 Å². The zero-order chi connectivity index (χ0) is 16.4. The molecule has 120 valence electrons. The minimum atomic E-state index is -0.0295. The van der Waals surface area contributed by atoms with Crippen molar-refractivity contribution in [1.82, 2.24) is 10.1 Å². The van der Waals surface area contributed by atoms with Crippen molar-refractivity contribution in [3.05, 3.63) is 77.5 Å². The van der Waals surface area contributed by atoms with E-state index in [1.54, 1.807) is 0 Å². The first kappa shape index (κ1) is 14.7. The molecule has 2 aromatic carbocycles. The minimum Gasteiger partial charge on any atom is -0.355 e. The highest BCUT2D eigenvalue weighted by Crippen LogP contribution is 2.29. The largest absolute Gasteiger partial charge is 0.355 e. The third kappa shape index (κ3) is 2.71. The van der Waals surface area contributed by atoms with Gasteiger partial charge in [0.25, 0.3) is 5.91 Å². The van der Waals surface area contributed by atoms with Crippen molar-refractivity contribution in [2.45, 2.75) is 12.8 Å². The molecule has 4 heteroatoms. The van der Waals surface area contributed by atoms with Gasteiger partial charge >= 0.3 is 0 Å². The van der Waals surface area contributed by atoms with Crippen LogP contribution in [0.25, 0.3) is 11.3 Å². The van der Waals surface area contributed by atoms with E-state index >= 15 is 0 Å². The van der Waals surface area contributed by atoms with Crippen LogP contribution < -0.4 is 0 Å². The molecule has 0 unspecified atom stereocenters. The van der Waals surface area contributed by atoms with Gasteiger partial charge in [-0.1, -0.05) is 65.8 Å². The fraction of sp³-hybridized carbons (Fsp3) is 0.200. The van der Waals surface area contributed by atoms with E-state index in [1.165, 1.54) is 0 Å². The molecule has 0 spiro atoms. The normalized spacial score (nSPS) is 13.6. The van der Waals surface area contributed by atoms with E-state index in [-0.39, 0.29) is 5.91 Å². The molecule has 4 rings (SSSR count). The smallest absolute Gasteiger partial charge is 0.276 e. The van der Waals surface area contributed by atoms with Crippen molar-refractivity contribution in [2.75, 3.05) is 13.1 Å². The average Bonchev–Trinajstić information content (AvgIpc) is 2.98. The Morgan fingerprint density at radius 1 is 1.00 bits per heavy atom. The lowest BCUT2D eigenvalue weighted by molar-refractivity contribution is 0.0640. The monoisotopic (exact) mass is 318 g/mol. The van der Waals surface area contributed by atoms with E-state index in [2.05, 4.69) is 17.3 Å². The lowest BCUT2D eigenvalue weighted by atomic mass is 9.98. The van der Waals surface area contributed by atoms with Gasteiger partial charge < -0.3 is 9.42 Å². The Balaban J connectivity index is 1.76. The van der Waals surface area contributed by atoms with Crippen LogP contribution in [-0.2, 0) is 6.42 Å². The molecule has 0 N–H and O–H groups in total. The first-order valence-electron chi connectivity index (χ1n) is 8.20. The summed E-state index contributed by atoms with van der Waals surface area (Å²) in [6.07, 6.45) is 1.69. The second-order valence-electron chi connectivity index (χ2n) is 6.01. The third-order valence-corrected chi connectivity index (χ3v) is 4.39. The molecule has 1 saturated heterocycles. The first-order valence-corrected chi connectivity index (χ1v) is 8.20. The summed E-state index contributed by atoms with van der Waals surface area (Å²) in [5, 5.41) is 4.13. The van der Waals surface area contributed by atoms with Crippen LogP contribution in [0, 0.1) is 0 Å². The number of aromatic nitrogens is 1. The zero-order valence-corrected chi connectivity index (χ0v) is 13.3. The molecule has 1 amide bonds. The van der Waals surface area contributed by atoms with Crippen molar-refractivity contribution < 1.29 is 9.32 Å². The number of hydrogen-bond donors (Lipinski definition) is 0. The maximum absolute atomic E-state index is 12.7. The second kappa shape index (κ2) is 6.32. The van der Waals surface area contributed by atoms with E-state index < -0.39 is 0 Å². The predicted molar refractivity (Wildman–Crippen MR) is 91.7 cm³/mol. The Kier molecular flexibility index (Phi) is 3.87. The quantitative estimate of drug-likeness (QED) is 0.735. The first-order chi connectivity index (χ1) is 11.8. The topological polar surface area (TPSA) is 46.3 Å². The number of benzene rings is 2. The van der Waals surface area contributed by atoms with Gasteiger partial charge in [-0.25, -0.2) is 0 Å². The van der Waals surface area contributed by atoms with Gasteiger partial charge in [-0.15, -0.1) is 0 Å². The number of likely N-dealkylation sites (tertiary alicyclic amines) is 1. The van der Waals surface area contributed by atoms with Crippen LogP contribution in [0.4, 0.5) is 0 Å². The van der Waals surface area contributed by atoms with Crippen molar-refractivity contribution >= 4 is 5.91 Å². The van der Waals surface area contributed by atoms with E-state index in [9.17, 15) is 4.79 Å². The van der Waals surface area contributed by atoms with Crippen LogP contribution >= 0.6 is 0 Å². The molecular weight excluding hydrogens is 300 g/mol. The molecule has 2 heterocycles. The fourth-order valence-corrected chi connectivity index (χ4v) is 2.93. The summed E-state index contributed by atoms with van der Waals surface area (Å²) in [4.78, 5) is 14.5. The van der Waals surface area contributed by atoms with Gasteiger partial charge in [0.15, 0.2) is 11.5 Å². The van der Waals surface area contributed by atoms with Crippen LogP contribution in [0.15, 0.2) is 65.2 Å². The molecule has 1 fully saturated rings. The maximum atomic E-state index is 12.7. The Morgan fingerprint density at radius 3 is 2.29 bits per heavy atom. The highest BCUT2D eigenvalue weighted by atomic mass is 16.5. The van der Waals surface area contributed by atoms with Gasteiger partial charge in [-0.05, 0) is 12.0 Å². The van der Waals surface area contributed by atoms with Gasteiger partial charge in [0.05, 0.1) is 0 Å². The van der Waals surface area contributed by atoms with Crippen LogP contribution in [0.1, 0.15) is 28.0 Å². The molecule has 1 aliphatic heterocycles. The second-order valence-corrected chi connectivity index (χ2v) is 6.01. The third-order valence-electron chi connectivity index (χ3n) is 4.39. The highest BCUT2D eigenvalue weighted by molar-refractivity contribution is 5.95. The molecule has 0 bridgehead atoms. The van der Waals surface area contributed by atoms with Crippen LogP contribution in [-0.4, -0.2) is 29.1 Å². The molecule has 0 radical (unpaired) electrons. The van der Waals surface area contributed by atoms with Gasteiger partial charge in [-0.3, -0.25) is 4.79 Å². The number of carbonyl (C=O) groups is 1. The number of nitrogens with zero attached hydrogens (tertiary/aromatic N) is 2. The molecule has 0 aliphatic carbocycles. The Morgan fingerprint density at radius 2 is 1.67 bits per heavy atom. The van der Waals surface area contributed by atoms with Gasteiger partial charge in [-0.2, -0.15) is 0 Å². The number of carbonyl (C=O) groups excluding carboxylic acids is 1. The van der Waals surface area contributed by atoms with E-state index in [0.717, 1.165) is 36.2 Å². The fourth-order valence-electron chi connectivity index (χ4n) is 2.93. The van der Waals surface area contributed by atoms with Crippen LogP contribution in [0.5, 0.6) is 0 Å². The summed E-state index contributed by atoms with van der Waals surface area (Å²) in [6, 6.07) is 19.9. The number of amides is 1. The summed E-state index contributed by atoms with van der Waals surface area (Å²) in [6.45, 7) is 1.61. The Bertz CT molecular complexity index is 837. The highest BCUT2D eigenvalue weighted by Gasteiger charge is 2.29. The summed E-state index contributed by atoms with van der Waals surface area (Å²) in [7, 11) is 0. The predicted octanol–water partition coefficient (Wildman–Crippen LogP) is 3.78. The molecule has 0 atom stereocenters. The average molecular weight is 318 g/mol. The van der Waals surface area contributed by atoms with Crippen molar-refractivity contribution in [1.29, 1.82) is 0 Å². The Hall–Kier alpha value is -2.88. The summed E-state index contributed by atoms with van der Waals surface area (Å²) >= 11 is 0. The lowest BCUT2D eigenvalue weighted by Crippen LogP contribution is -2.42. The minimum absolute atomic E-state index is 0.0295. The molecule has 3 aromatic rings. The van der Waals surface area contributed by atoms with Crippen LogP contribution in [0.2, 0.25) is 0 Å². The number of hydrogen-bond acceptors (Lipinski definition) is 3. The number of rotatable bonds is 4. The summed E-state index contributed by atoms with van der Waals surface area (Å²) in [5.41, 5.74) is 3.39. The van der Waals surface area contributed by atoms with E-state index in [4.69, 9.17) is 4.52 Å². The summed E-state index contributed by atoms with van der Waals surface area (Å²) in [5.74, 6) is 0.654. The van der Waals surface area contributed by atoms with Crippen molar-refractivity contribution in [2.24, 2.45) is 0 Å². The zero-order valence-electron chi connectivity index (χ0n) is 13.3.